The van der Waals surface area contributed by atoms with Gasteiger partial charge in [0, 0.05) is 10.6 Å². The zero-order valence-corrected chi connectivity index (χ0v) is 13.9. The van der Waals surface area contributed by atoms with Crippen LogP contribution in [0.5, 0.6) is 5.88 Å². The molecule has 1 atom stereocenters. The molecular formula is C15H17N3O5S. The largest absolute Gasteiger partial charge is 0.492 e. The molecule has 0 radical (unpaired) electrons. The first-order valence-corrected chi connectivity index (χ1v) is 8.51. The van der Waals surface area contributed by atoms with Crippen LogP contribution < -0.4 is 10.9 Å². The number of aliphatic carboxylic acids is 1. The Hall–Kier alpha value is -2.42. The topological polar surface area (TPSA) is 121 Å². The lowest BCUT2D eigenvalue weighted by Gasteiger charge is -2.10. The summed E-state index contributed by atoms with van der Waals surface area (Å²) in [7, 11) is 0. The van der Waals surface area contributed by atoms with Gasteiger partial charge in [-0.2, -0.15) is 4.98 Å². The number of thiazole rings is 1. The molecule has 1 aliphatic rings. The molecule has 0 bridgehead atoms. The van der Waals surface area contributed by atoms with Crippen LogP contribution in [0.25, 0.3) is 4.96 Å². The van der Waals surface area contributed by atoms with Gasteiger partial charge in [-0.3, -0.25) is 18.8 Å². The van der Waals surface area contributed by atoms with Crippen molar-refractivity contribution < 1.29 is 19.8 Å². The molecule has 2 aromatic rings. The van der Waals surface area contributed by atoms with Crippen LogP contribution in [0.1, 0.15) is 47.1 Å². The molecule has 0 saturated carbocycles. The first kappa shape index (κ1) is 16.4. The molecule has 0 saturated heterocycles. The fourth-order valence-corrected chi connectivity index (χ4v) is 4.02. The lowest BCUT2D eigenvalue weighted by Crippen LogP contribution is -2.41. The maximum Gasteiger partial charge on any atom is 0.325 e. The maximum atomic E-state index is 12.7. The van der Waals surface area contributed by atoms with Crippen LogP contribution in [-0.2, 0) is 17.6 Å². The number of nitrogens with zero attached hydrogens (tertiary/aromatic N) is 2. The lowest BCUT2D eigenvalue weighted by atomic mass is 10.2. The number of carboxylic acid groups (broad SMARTS) is 1. The van der Waals surface area contributed by atoms with E-state index in [1.165, 1.54) is 22.7 Å². The van der Waals surface area contributed by atoms with Crippen LogP contribution in [0.15, 0.2) is 4.79 Å². The molecule has 0 spiro atoms. The second kappa shape index (κ2) is 6.23. The average Bonchev–Trinajstić information content (AvgIpc) is 2.69. The van der Waals surface area contributed by atoms with Gasteiger partial charge in [-0.25, -0.2) is 0 Å². The second-order valence-corrected chi connectivity index (χ2v) is 6.86. The van der Waals surface area contributed by atoms with Crippen molar-refractivity contribution in [1.29, 1.82) is 0 Å². The third-order valence-corrected chi connectivity index (χ3v) is 5.24. The number of carboxylic acids is 1. The van der Waals surface area contributed by atoms with Gasteiger partial charge in [0.05, 0.1) is 0 Å². The molecule has 0 aromatic carbocycles. The van der Waals surface area contributed by atoms with Gasteiger partial charge in [0.15, 0.2) is 10.5 Å². The Balaban J connectivity index is 2.12. The van der Waals surface area contributed by atoms with Crippen molar-refractivity contribution in [3.05, 3.63) is 26.5 Å². The molecule has 1 unspecified atom stereocenters. The van der Waals surface area contributed by atoms with E-state index in [-0.39, 0.29) is 0 Å². The molecule has 8 nitrogen and oxygen atoms in total. The van der Waals surface area contributed by atoms with E-state index in [1.807, 2.05) is 0 Å². The van der Waals surface area contributed by atoms with Crippen LogP contribution in [0.3, 0.4) is 0 Å². The fourth-order valence-electron chi connectivity index (χ4n) is 2.82. The monoisotopic (exact) mass is 351 g/mol. The van der Waals surface area contributed by atoms with Crippen molar-refractivity contribution in [3.63, 3.8) is 0 Å². The number of nitrogens with one attached hydrogen (secondary N) is 1. The van der Waals surface area contributed by atoms with E-state index in [9.17, 15) is 19.5 Å². The summed E-state index contributed by atoms with van der Waals surface area (Å²) in [6.07, 6.45) is 4.62. The van der Waals surface area contributed by atoms with Crippen molar-refractivity contribution in [2.75, 3.05) is 0 Å². The number of aromatic nitrogens is 2. The predicted octanol–water partition coefficient (Wildman–Crippen LogP) is 0.933. The Morgan fingerprint density at radius 2 is 2.00 bits per heavy atom. The molecule has 3 rings (SSSR count). The fraction of sp³-hybridized carbons (Fsp3) is 0.467. The summed E-state index contributed by atoms with van der Waals surface area (Å²) in [5.41, 5.74) is -0.345. The van der Waals surface area contributed by atoms with Crippen molar-refractivity contribution in [3.8, 4) is 5.88 Å². The standard InChI is InChI=1S/C15H17N3O5S/c1-7(14(22)23)16-11(19)10-12(20)17-15-18(13(10)21)8-5-3-2-4-6-9(8)24-15/h7,20H,2-6H2,1H3,(H,16,19)(H,22,23). The van der Waals surface area contributed by atoms with E-state index in [4.69, 9.17) is 5.11 Å². The normalized spacial score (nSPS) is 15.5. The van der Waals surface area contributed by atoms with Crippen molar-refractivity contribution in [2.45, 2.75) is 45.1 Å². The summed E-state index contributed by atoms with van der Waals surface area (Å²) in [6.45, 7) is 1.28. The molecular weight excluding hydrogens is 334 g/mol. The molecule has 1 aliphatic carbocycles. The number of rotatable bonds is 3. The summed E-state index contributed by atoms with van der Waals surface area (Å²) in [5, 5.41) is 21.1. The summed E-state index contributed by atoms with van der Waals surface area (Å²) in [6, 6.07) is -1.18. The van der Waals surface area contributed by atoms with Gasteiger partial charge < -0.3 is 15.5 Å². The number of fused-ring (bicyclic) bond motifs is 3. The molecule has 2 heterocycles. The highest BCUT2D eigenvalue weighted by Crippen LogP contribution is 2.28. The van der Waals surface area contributed by atoms with E-state index in [0.29, 0.717) is 11.4 Å². The van der Waals surface area contributed by atoms with Gasteiger partial charge in [-0.1, -0.05) is 6.42 Å². The second-order valence-electron chi connectivity index (χ2n) is 5.80. The number of hydrogen-bond acceptors (Lipinski definition) is 6. The van der Waals surface area contributed by atoms with Crippen LogP contribution in [0.4, 0.5) is 0 Å². The number of aryl methyl sites for hydroxylation is 2. The molecule has 0 fully saturated rings. The minimum Gasteiger partial charge on any atom is -0.492 e. The SMILES string of the molecule is CC(NC(=O)c1c(O)nc2sc3c(n2c1=O)CCCCC3)C(=O)O. The Kier molecular flexibility index (Phi) is 4.27. The van der Waals surface area contributed by atoms with Crippen LogP contribution in [-0.4, -0.2) is 37.5 Å². The Morgan fingerprint density at radius 3 is 2.71 bits per heavy atom. The summed E-state index contributed by atoms with van der Waals surface area (Å²) < 4.78 is 1.38. The van der Waals surface area contributed by atoms with Gasteiger partial charge in [-0.15, -0.1) is 11.3 Å². The van der Waals surface area contributed by atoms with Crippen molar-refractivity contribution >= 4 is 28.2 Å². The molecule has 24 heavy (non-hydrogen) atoms. The first-order chi connectivity index (χ1) is 11.4. The molecule has 128 valence electrons. The third-order valence-electron chi connectivity index (χ3n) is 4.10. The Morgan fingerprint density at radius 1 is 1.29 bits per heavy atom. The molecule has 9 heteroatoms. The molecule has 1 amide bonds. The van der Waals surface area contributed by atoms with Gasteiger partial charge in [0.25, 0.3) is 11.5 Å². The highest BCUT2D eigenvalue weighted by Gasteiger charge is 2.26. The van der Waals surface area contributed by atoms with Crippen LogP contribution in [0, 0.1) is 0 Å². The van der Waals surface area contributed by atoms with E-state index >= 15 is 0 Å². The minimum atomic E-state index is -1.23. The van der Waals surface area contributed by atoms with E-state index < -0.39 is 34.9 Å². The summed E-state index contributed by atoms with van der Waals surface area (Å²) in [5.74, 6) is -2.85. The number of carbonyl (C=O) groups excluding carboxylic acids is 1. The molecule has 2 aromatic heterocycles. The third kappa shape index (κ3) is 2.75. The first-order valence-electron chi connectivity index (χ1n) is 7.70. The van der Waals surface area contributed by atoms with Gasteiger partial charge >= 0.3 is 5.97 Å². The zero-order valence-electron chi connectivity index (χ0n) is 13.0. The molecule has 3 N–H and O–H groups in total. The number of amides is 1. The Bertz CT molecular complexity index is 885. The van der Waals surface area contributed by atoms with Crippen molar-refractivity contribution in [2.24, 2.45) is 0 Å². The van der Waals surface area contributed by atoms with Gasteiger partial charge in [0.1, 0.15) is 6.04 Å². The quantitative estimate of drug-likeness (QED) is 0.708. The van der Waals surface area contributed by atoms with Gasteiger partial charge in [-0.05, 0) is 32.6 Å². The number of carbonyl (C=O) groups is 2. The zero-order chi connectivity index (χ0) is 17.4. The Labute approximate surface area is 140 Å². The number of aromatic hydroxyl groups is 1. The summed E-state index contributed by atoms with van der Waals surface area (Å²) in [4.78, 5) is 41.2. The van der Waals surface area contributed by atoms with E-state index in [2.05, 4.69) is 10.3 Å². The maximum absolute atomic E-state index is 12.7. The van der Waals surface area contributed by atoms with E-state index in [0.717, 1.165) is 36.3 Å². The predicted molar refractivity (Wildman–Crippen MR) is 86.8 cm³/mol. The highest BCUT2D eigenvalue weighted by molar-refractivity contribution is 7.17. The van der Waals surface area contributed by atoms with E-state index in [1.54, 1.807) is 0 Å². The van der Waals surface area contributed by atoms with Gasteiger partial charge in [0.2, 0.25) is 5.88 Å². The lowest BCUT2D eigenvalue weighted by molar-refractivity contribution is -0.138. The smallest absolute Gasteiger partial charge is 0.325 e. The van der Waals surface area contributed by atoms with Crippen molar-refractivity contribution in [1.82, 2.24) is 14.7 Å². The highest BCUT2D eigenvalue weighted by atomic mass is 32.1. The number of hydrogen-bond donors (Lipinski definition) is 3. The van der Waals surface area contributed by atoms with Crippen LogP contribution >= 0.6 is 11.3 Å². The summed E-state index contributed by atoms with van der Waals surface area (Å²) >= 11 is 1.35. The molecule has 0 aliphatic heterocycles. The van der Waals surface area contributed by atoms with Crippen LogP contribution in [0.2, 0.25) is 0 Å². The average molecular weight is 351 g/mol. The minimum absolute atomic E-state index is 0.354.